The number of nitrogens with one attached hydrogen (secondary N) is 3. The molecule has 7 rings (SSSR count). The van der Waals surface area contributed by atoms with Gasteiger partial charge in [-0.25, -0.2) is 0 Å². The second-order valence-corrected chi connectivity index (χ2v) is 10.5. The number of nitrogens with zero attached hydrogens (tertiary/aromatic N) is 1. The summed E-state index contributed by atoms with van der Waals surface area (Å²) >= 11 is 1.68. The lowest BCUT2D eigenvalue weighted by molar-refractivity contribution is 0.0983. The fourth-order valence-corrected chi connectivity index (χ4v) is 6.54. The van der Waals surface area contributed by atoms with Gasteiger partial charge >= 0.3 is 0 Å². The number of methoxy groups -OCH3 is 1. The van der Waals surface area contributed by atoms with Crippen LogP contribution in [0.15, 0.2) is 66.0 Å². The number of hydrogen-bond acceptors (Lipinski definition) is 4. The average molecular weight is 521 g/mol. The number of aromatic amines is 2. The van der Waals surface area contributed by atoms with Gasteiger partial charge in [0, 0.05) is 45.5 Å². The number of rotatable bonds is 4. The van der Waals surface area contributed by atoms with Gasteiger partial charge in [-0.2, -0.15) is 0 Å². The van der Waals surface area contributed by atoms with Crippen LogP contribution in [0.1, 0.15) is 32.1 Å². The molecule has 4 heterocycles. The van der Waals surface area contributed by atoms with Crippen molar-refractivity contribution in [3.05, 3.63) is 88.6 Å². The highest BCUT2D eigenvalue weighted by Gasteiger charge is 2.30. The van der Waals surface area contributed by atoms with Crippen LogP contribution < -0.4 is 15.0 Å². The Morgan fingerprint density at radius 2 is 1.76 bits per heavy atom. The molecule has 7 nitrogen and oxygen atoms in total. The first-order chi connectivity index (χ1) is 18.5. The Kier molecular flexibility index (Phi) is 5.06. The third-order valence-corrected chi connectivity index (χ3v) is 8.41. The Bertz CT molecular complexity index is 1880. The number of para-hydroxylation sites is 1. The lowest BCUT2D eigenvalue weighted by Gasteiger charge is -2.18. The van der Waals surface area contributed by atoms with Crippen LogP contribution in [0.25, 0.3) is 31.9 Å². The van der Waals surface area contributed by atoms with Crippen molar-refractivity contribution in [2.45, 2.75) is 13.3 Å². The number of fused-ring (bicyclic) bond motifs is 5. The molecule has 0 unspecified atom stereocenters. The van der Waals surface area contributed by atoms with Crippen LogP contribution >= 0.6 is 11.3 Å². The molecule has 0 radical (unpaired) electrons. The van der Waals surface area contributed by atoms with Crippen LogP contribution in [0, 0.1) is 6.92 Å². The molecule has 6 aromatic rings. The molecule has 0 bridgehead atoms. The molecule has 38 heavy (non-hydrogen) atoms. The molecular formula is C30H24N4O3S. The van der Waals surface area contributed by atoms with Crippen LogP contribution in [-0.2, 0) is 6.42 Å². The number of hydrogen-bond donors (Lipinski definition) is 3. The zero-order chi connectivity index (χ0) is 26.0. The minimum atomic E-state index is -0.218. The van der Waals surface area contributed by atoms with E-state index in [2.05, 4.69) is 27.6 Å². The molecule has 0 aliphatic carbocycles. The Morgan fingerprint density at radius 3 is 2.61 bits per heavy atom. The van der Waals surface area contributed by atoms with Crippen LogP contribution in [0.3, 0.4) is 0 Å². The highest BCUT2D eigenvalue weighted by Crippen LogP contribution is 2.44. The number of carbonyl (C=O) groups is 2. The van der Waals surface area contributed by atoms with Gasteiger partial charge in [0.15, 0.2) is 0 Å². The Hall–Kier alpha value is -4.56. The smallest absolute Gasteiger partial charge is 0.274 e. The van der Waals surface area contributed by atoms with Crippen molar-refractivity contribution in [2.75, 3.05) is 23.9 Å². The largest absolute Gasteiger partial charge is 0.495 e. The number of ether oxygens (including phenoxy) is 1. The van der Waals surface area contributed by atoms with Gasteiger partial charge in [-0.15, -0.1) is 11.3 Å². The van der Waals surface area contributed by atoms with Crippen molar-refractivity contribution in [2.24, 2.45) is 0 Å². The molecule has 188 valence electrons. The zero-order valence-corrected chi connectivity index (χ0v) is 21.7. The van der Waals surface area contributed by atoms with Gasteiger partial charge in [-0.05, 0) is 66.2 Å². The maximum absolute atomic E-state index is 13.7. The molecule has 0 saturated carbocycles. The number of anilines is 2. The summed E-state index contributed by atoms with van der Waals surface area (Å²) in [4.78, 5) is 34.8. The molecule has 3 N–H and O–H groups in total. The molecule has 0 saturated heterocycles. The van der Waals surface area contributed by atoms with E-state index < -0.39 is 0 Å². The predicted octanol–water partition coefficient (Wildman–Crippen LogP) is 6.64. The molecular weight excluding hydrogens is 496 g/mol. The van der Waals surface area contributed by atoms with E-state index in [-0.39, 0.29) is 11.8 Å². The zero-order valence-electron chi connectivity index (χ0n) is 20.8. The summed E-state index contributed by atoms with van der Waals surface area (Å²) in [6.07, 6.45) is 0.809. The van der Waals surface area contributed by atoms with Crippen LogP contribution in [0.4, 0.5) is 11.4 Å². The van der Waals surface area contributed by atoms with Gasteiger partial charge in [-0.1, -0.05) is 18.2 Å². The van der Waals surface area contributed by atoms with Gasteiger partial charge in [0.1, 0.15) is 17.1 Å². The molecule has 3 aromatic carbocycles. The number of carbonyl (C=O) groups excluding carboxylic acids is 2. The highest BCUT2D eigenvalue weighted by molar-refractivity contribution is 7.17. The van der Waals surface area contributed by atoms with Gasteiger partial charge in [0.2, 0.25) is 0 Å². The van der Waals surface area contributed by atoms with Crippen LogP contribution in [0.5, 0.6) is 5.75 Å². The van der Waals surface area contributed by atoms with Crippen molar-refractivity contribution in [1.82, 2.24) is 9.97 Å². The number of H-pyrrole nitrogens is 2. The second kappa shape index (κ2) is 8.49. The number of thiophene rings is 1. The van der Waals surface area contributed by atoms with Crippen molar-refractivity contribution < 1.29 is 14.3 Å². The fourth-order valence-electron chi connectivity index (χ4n) is 5.47. The van der Waals surface area contributed by atoms with Gasteiger partial charge in [-0.3, -0.25) is 9.59 Å². The maximum atomic E-state index is 13.7. The average Bonchev–Trinajstić information content (AvgIpc) is 3.71. The normalized spacial score (nSPS) is 12.9. The van der Waals surface area contributed by atoms with E-state index >= 15 is 0 Å². The van der Waals surface area contributed by atoms with Gasteiger partial charge < -0.3 is 24.9 Å². The molecule has 2 amide bonds. The third kappa shape index (κ3) is 3.48. The minimum Gasteiger partial charge on any atom is -0.495 e. The summed E-state index contributed by atoms with van der Waals surface area (Å²) in [6, 6.07) is 19.0. The monoisotopic (exact) mass is 520 g/mol. The molecule has 1 aliphatic rings. The van der Waals surface area contributed by atoms with E-state index in [0.29, 0.717) is 23.6 Å². The first-order valence-electron chi connectivity index (χ1n) is 12.4. The van der Waals surface area contributed by atoms with E-state index in [9.17, 15) is 9.59 Å². The van der Waals surface area contributed by atoms with Crippen LogP contribution in [0.2, 0.25) is 0 Å². The Morgan fingerprint density at radius 1 is 0.974 bits per heavy atom. The first kappa shape index (κ1) is 22.6. The SMILES string of the molecule is COc1cc2c(c3c(C)csc13)CCN2C(=O)c1cc2cc(NC(=O)c3cc4ccccc4[nH]3)ccc2[nH]1. The van der Waals surface area contributed by atoms with Gasteiger partial charge in [0.05, 0.1) is 17.5 Å². The van der Waals surface area contributed by atoms with Crippen molar-refractivity contribution in [3.63, 3.8) is 0 Å². The van der Waals surface area contributed by atoms with Crippen molar-refractivity contribution in [1.29, 1.82) is 0 Å². The van der Waals surface area contributed by atoms with Crippen molar-refractivity contribution >= 4 is 66.4 Å². The lowest BCUT2D eigenvalue weighted by Crippen LogP contribution is -2.29. The van der Waals surface area contributed by atoms with E-state index in [0.717, 1.165) is 44.4 Å². The molecule has 0 atom stereocenters. The molecule has 1 aliphatic heterocycles. The summed E-state index contributed by atoms with van der Waals surface area (Å²) in [5.74, 6) is 0.492. The van der Waals surface area contributed by atoms with E-state index in [1.54, 1.807) is 18.4 Å². The van der Waals surface area contributed by atoms with Crippen molar-refractivity contribution in [3.8, 4) is 5.75 Å². The van der Waals surface area contributed by atoms with E-state index in [1.807, 2.05) is 65.6 Å². The number of aryl methyl sites for hydroxylation is 1. The highest BCUT2D eigenvalue weighted by atomic mass is 32.1. The summed E-state index contributed by atoms with van der Waals surface area (Å²) in [5, 5.41) is 8.14. The number of amides is 2. The second-order valence-electron chi connectivity index (χ2n) is 9.62. The summed E-state index contributed by atoms with van der Waals surface area (Å²) < 4.78 is 6.80. The summed E-state index contributed by atoms with van der Waals surface area (Å²) in [7, 11) is 1.67. The quantitative estimate of drug-likeness (QED) is 0.244. The Balaban J connectivity index is 1.17. The van der Waals surface area contributed by atoms with Crippen LogP contribution in [-0.4, -0.2) is 35.4 Å². The molecule has 0 spiro atoms. The fraction of sp³-hybridized carbons (Fsp3) is 0.133. The predicted molar refractivity (Wildman–Crippen MR) is 153 cm³/mol. The number of aromatic nitrogens is 2. The summed E-state index contributed by atoms with van der Waals surface area (Å²) in [5.41, 5.74) is 6.72. The third-order valence-electron chi connectivity index (χ3n) is 7.30. The topological polar surface area (TPSA) is 90.2 Å². The molecule has 3 aromatic heterocycles. The van der Waals surface area contributed by atoms with Gasteiger partial charge in [0.25, 0.3) is 11.8 Å². The number of benzene rings is 3. The molecule has 8 heteroatoms. The minimum absolute atomic E-state index is 0.0853. The Labute approximate surface area is 222 Å². The molecule has 0 fully saturated rings. The van der Waals surface area contributed by atoms with E-state index in [1.165, 1.54) is 16.5 Å². The first-order valence-corrected chi connectivity index (χ1v) is 13.3. The lowest BCUT2D eigenvalue weighted by atomic mass is 10.0. The van der Waals surface area contributed by atoms with E-state index in [4.69, 9.17) is 4.74 Å². The standard InChI is InChI=1S/C30H24N4O3S/c1-16-15-38-28-26(37-2)14-25-20(27(16)28)9-10-34(25)30(36)24-13-18-11-19(7-8-22(18)33-24)31-29(35)23-12-17-5-3-4-6-21(17)32-23/h3-8,11-15,32-33H,9-10H2,1-2H3,(H,31,35). The summed E-state index contributed by atoms with van der Waals surface area (Å²) in [6.45, 7) is 2.72. The maximum Gasteiger partial charge on any atom is 0.274 e.